The highest BCUT2D eigenvalue weighted by molar-refractivity contribution is 5.54. The Bertz CT molecular complexity index is 902. The highest BCUT2D eigenvalue weighted by Crippen LogP contribution is 2.24. The van der Waals surface area contributed by atoms with Crippen LogP contribution in [-0.2, 0) is 6.54 Å². The van der Waals surface area contributed by atoms with Crippen molar-refractivity contribution in [1.29, 1.82) is 0 Å². The summed E-state index contributed by atoms with van der Waals surface area (Å²) in [5, 5.41) is 12.8. The van der Waals surface area contributed by atoms with Crippen molar-refractivity contribution in [2.75, 3.05) is 0 Å². The van der Waals surface area contributed by atoms with Gasteiger partial charge in [0.1, 0.15) is 24.7 Å². The van der Waals surface area contributed by atoms with Crippen LogP contribution in [0.25, 0.3) is 11.3 Å². The van der Waals surface area contributed by atoms with Crippen molar-refractivity contribution in [3.63, 3.8) is 0 Å². The van der Waals surface area contributed by atoms with Gasteiger partial charge >= 0.3 is 0 Å². The molecule has 0 aliphatic carbocycles. The molecule has 1 atom stereocenters. The highest BCUT2D eigenvalue weighted by Gasteiger charge is 2.16. The van der Waals surface area contributed by atoms with Crippen LogP contribution in [0.1, 0.15) is 18.0 Å². The molecule has 8 nitrogen and oxygen atoms in total. The summed E-state index contributed by atoms with van der Waals surface area (Å²) < 4.78 is 3.70. The van der Waals surface area contributed by atoms with Crippen molar-refractivity contribution in [2.45, 2.75) is 19.0 Å². The predicted octanol–water partition coefficient (Wildman–Crippen LogP) is 2.01. The Balaban J connectivity index is 1.62. The van der Waals surface area contributed by atoms with Crippen molar-refractivity contribution in [3.05, 3.63) is 73.5 Å². The van der Waals surface area contributed by atoms with Gasteiger partial charge in [0, 0.05) is 24.5 Å². The first-order chi connectivity index (χ1) is 12.4. The minimum absolute atomic E-state index is 0.0521. The largest absolute Gasteiger partial charge is 0.253 e. The van der Waals surface area contributed by atoms with E-state index in [4.69, 9.17) is 0 Å². The van der Waals surface area contributed by atoms with E-state index in [1.54, 1.807) is 25.0 Å². The van der Waals surface area contributed by atoms with Crippen LogP contribution in [0.3, 0.4) is 0 Å². The summed E-state index contributed by atoms with van der Waals surface area (Å²) in [7, 11) is 0. The summed E-state index contributed by atoms with van der Waals surface area (Å²) in [5.41, 5.74) is 2.77. The topological polar surface area (TPSA) is 87.2 Å². The van der Waals surface area contributed by atoms with Gasteiger partial charge in [-0.25, -0.2) is 19.6 Å². The lowest BCUT2D eigenvalue weighted by Crippen LogP contribution is -2.14. The van der Waals surface area contributed by atoms with Gasteiger partial charge in [-0.05, 0) is 12.0 Å². The summed E-state index contributed by atoms with van der Waals surface area (Å²) in [6.07, 6.45) is 11.0. The Hall–Kier alpha value is -3.42. The molecule has 3 aromatic heterocycles. The van der Waals surface area contributed by atoms with Gasteiger partial charge in [-0.3, -0.25) is 4.68 Å². The molecule has 0 N–H and O–H groups in total. The van der Waals surface area contributed by atoms with E-state index in [2.05, 4.69) is 42.5 Å². The Morgan fingerprint density at radius 1 is 0.960 bits per heavy atom. The van der Waals surface area contributed by atoms with Crippen LogP contribution < -0.4 is 0 Å². The first-order valence-electron chi connectivity index (χ1n) is 7.95. The molecule has 0 saturated carbocycles. The summed E-state index contributed by atoms with van der Waals surface area (Å²) in [4.78, 5) is 12.1. The summed E-state index contributed by atoms with van der Waals surface area (Å²) in [6.45, 7) is 0.739. The lowest BCUT2D eigenvalue weighted by atomic mass is 10.0. The first kappa shape index (κ1) is 15.1. The van der Waals surface area contributed by atoms with Crippen LogP contribution in [0.2, 0.25) is 0 Å². The van der Waals surface area contributed by atoms with Gasteiger partial charge in [-0.2, -0.15) is 5.10 Å². The molecule has 0 radical (unpaired) electrons. The molecule has 0 bridgehead atoms. The van der Waals surface area contributed by atoms with Gasteiger partial charge in [-0.1, -0.05) is 35.5 Å². The third-order valence-corrected chi connectivity index (χ3v) is 3.97. The monoisotopic (exact) mass is 332 g/mol. The molecule has 0 saturated heterocycles. The van der Waals surface area contributed by atoms with Gasteiger partial charge in [-0.15, -0.1) is 5.10 Å². The minimum atomic E-state index is 0.0521. The van der Waals surface area contributed by atoms with Crippen LogP contribution in [0.4, 0.5) is 0 Å². The number of nitrogens with zero attached hydrogens (tertiary/aromatic N) is 8. The lowest BCUT2D eigenvalue weighted by molar-refractivity contribution is 0.430. The normalized spacial score (nSPS) is 12.2. The number of hydrogen-bond donors (Lipinski definition) is 0. The van der Waals surface area contributed by atoms with Crippen LogP contribution >= 0.6 is 0 Å². The molecule has 8 heteroatoms. The van der Waals surface area contributed by atoms with E-state index in [0.29, 0.717) is 0 Å². The zero-order valence-electron chi connectivity index (χ0n) is 13.4. The molecule has 3 heterocycles. The van der Waals surface area contributed by atoms with Gasteiger partial charge in [0.25, 0.3) is 0 Å². The minimum Gasteiger partial charge on any atom is -0.253 e. The van der Waals surface area contributed by atoms with Crippen molar-refractivity contribution < 1.29 is 0 Å². The highest BCUT2D eigenvalue weighted by atomic mass is 15.4. The maximum Gasteiger partial charge on any atom is 0.137 e. The molecule has 0 amide bonds. The Labute approximate surface area is 144 Å². The number of hydrogen-bond acceptors (Lipinski definition) is 6. The molecular formula is C17H16N8. The number of aryl methyl sites for hydroxylation is 1. The first-order valence-corrected chi connectivity index (χ1v) is 7.95. The molecule has 4 rings (SSSR count). The van der Waals surface area contributed by atoms with Crippen LogP contribution in [0.15, 0.2) is 67.9 Å². The molecule has 1 aromatic carbocycles. The van der Waals surface area contributed by atoms with Crippen LogP contribution in [-0.4, -0.2) is 39.7 Å². The van der Waals surface area contributed by atoms with E-state index in [9.17, 15) is 0 Å². The van der Waals surface area contributed by atoms with Gasteiger partial charge in [0.2, 0.25) is 0 Å². The molecule has 4 aromatic rings. The SMILES string of the molecule is c1ccc([C@H](CCn2cncn2)n2cc(-c3cncnc3)nn2)cc1. The Kier molecular flexibility index (Phi) is 4.23. The van der Waals surface area contributed by atoms with Crippen molar-refractivity contribution >= 4 is 0 Å². The lowest BCUT2D eigenvalue weighted by Gasteiger charge is -2.17. The maximum atomic E-state index is 4.34. The van der Waals surface area contributed by atoms with E-state index in [1.807, 2.05) is 33.8 Å². The van der Waals surface area contributed by atoms with E-state index < -0.39 is 0 Å². The average molecular weight is 332 g/mol. The van der Waals surface area contributed by atoms with Crippen molar-refractivity contribution in [1.82, 2.24) is 39.7 Å². The zero-order chi connectivity index (χ0) is 16.9. The smallest absolute Gasteiger partial charge is 0.137 e. The fraction of sp³-hybridized carbons (Fsp3) is 0.176. The fourth-order valence-corrected chi connectivity index (χ4v) is 2.72. The quantitative estimate of drug-likeness (QED) is 0.537. The van der Waals surface area contributed by atoms with E-state index in [0.717, 1.165) is 24.2 Å². The van der Waals surface area contributed by atoms with E-state index >= 15 is 0 Å². The molecular weight excluding hydrogens is 316 g/mol. The van der Waals surface area contributed by atoms with Gasteiger partial charge in [0.15, 0.2) is 0 Å². The summed E-state index contributed by atoms with van der Waals surface area (Å²) in [6, 6.07) is 10.3. The van der Waals surface area contributed by atoms with Gasteiger partial charge < -0.3 is 0 Å². The standard InChI is InChI=1S/C17H16N8/c1-2-4-14(5-3-1)17(6-7-24-13-20-12-21-24)25-10-16(22-23-25)15-8-18-11-19-9-15/h1-5,8-13,17H,6-7H2/t17-/m0/s1. The number of rotatable bonds is 6. The molecule has 124 valence electrons. The van der Waals surface area contributed by atoms with Crippen molar-refractivity contribution in [3.8, 4) is 11.3 Å². The molecule has 0 spiro atoms. The molecule has 0 fully saturated rings. The van der Waals surface area contributed by atoms with E-state index in [-0.39, 0.29) is 6.04 Å². The second-order valence-electron chi connectivity index (χ2n) is 5.58. The average Bonchev–Trinajstić information content (AvgIpc) is 3.36. The summed E-state index contributed by atoms with van der Waals surface area (Å²) in [5.74, 6) is 0. The summed E-state index contributed by atoms with van der Waals surface area (Å²) >= 11 is 0. The van der Waals surface area contributed by atoms with Crippen LogP contribution in [0, 0.1) is 0 Å². The number of aromatic nitrogens is 8. The van der Waals surface area contributed by atoms with Crippen molar-refractivity contribution in [2.24, 2.45) is 0 Å². The van der Waals surface area contributed by atoms with Gasteiger partial charge in [0.05, 0.1) is 12.2 Å². The molecule has 0 aliphatic heterocycles. The second kappa shape index (κ2) is 7.00. The Morgan fingerprint density at radius 2 is 1.80 bits per heavy atom. The molecule has 25 heavy (non-hydrogen) atoms. The van der Waals surface area contributed by atoms with E-state index in [1.165, 1.54) is 11.9 Å². The predicted molar refractivity (Wildman–Crippen MR) is 90.3 cm³/mol. The zero-order valence-corrected chi connectivity index (χ0v) is 13.4. The molecule has 0 aliphatic rings. The second-order valence-corrected chi connectivity index (χ2v) is 5.58. The Morgan fingerprint density at radius 3 is 2.56 bits per heavy atom. The third-order valence-electron chi connectivity index (χ3n) is 3.97. The third kappa shape index (κ3) is 3.42. The molecule has 0 unspecified atom stereocenters. The van der Waals surface area contributed by atoms with Crippen LogP contribution in [0.5, 0.6) is 0 Å². The number of benzene rings is 1. The fourth-order valence-electron chi connectivity index (χ4n) is 2.72. The maximum absolute atomic E-state index is 4.34.